The maximum atomic E-state index is 11.9. The Labute approximate surface area is 170 Å². The number of benzene rings is 2. The normalized spacial score (nSPS) is 10.6. The molecular formula is C23H26N2O4. The van der Waals surface area contributed by atoms with Crippen molar-refractivity contribution < 1.29 is 19.0 Å². The summed E-state index contributed by atoms with van der Waals surface area (Å²) in [5, 5.41) is 0. The molecule has 0 bridgehead atoms. The van der Waals surface area contributed by atoms with E-state index in [0.717, 1.165) is 39.8 Å². The minimum atomic E-state index is -0.435. The molecule has 3 rings (SSSR count). The maximum Gasteiger partial charge on any atom is 0.250 e. The van der Waals surface area contributed by atoms with Crippen molar-refractivity contribution in [2.24, 2.45) is 5.73 Å². The smallest absolute Gasteiger partial charge is 0.250 e. The summed E-state index contributed by atoms with van der Waals surface area (Å²) in [6.45, 7) is 2.57. The number of hydrogen-bond donors (Lipinski definition) is 1. The Balaban J connectivity index is 1.99. The van der Waals surface area contributed by atoms with E-state index in [4.69, 9.17) is 19.9 Å². The van der Waals surface area contributed by atoms with E-state index in [1.54, 1.807) is 21.3 Å². The highest BCUT2D eigenvalue weighted by Crippen LogP contribution is 2.30. The van der Waals surface area contributed by atoms with Crippen LogP contribution in [0.4, 0.5) is 0 Å². The van der Waals surface area contributed by atoms with Gasteiger partial charge in [0.2, 0.25) is 0 Å². The first-order chi connectivity index (χ1) is 14.0. The monoisotopic (exact) mass is 394 g/mol. The van der Waals surface area contributed by atoms with Gasteiger partial charge in [0.25, 0.3) is 5.91 Å². The highest BCUT2D eigenvalue weighted by molar-refractivity contribution is 5.95. The van der Waals surface area contributed by atoms with Crippen LogP contribution in [0.1, 0.15) is 21.6 Å². The second-order valence-corrected chi connectivity index (χ2v) is 6.70. The van der Waals surface area contributed by atoms with E-state index < -0.39 is 5.91 Å². The van der Waals surface area contributed by atoms with Crippen molar-refractivity contribution in [2.75, 3.05) is 21.3 Å². The van der Waals surface area contributed by atoms with Crippen molar-refractivity contribution in [3.63, 3.8) is 0 Å². The highest BCUT2D eigenvalue weighted by Gasteiger charge is 2.17. The summed E-state index contributed by atoms with van der Waals surface area (Å²) in [6.07, 6.45) is 0.706. The van der Waals surface area contributed by atoms with Gasteiger partial charge in [-0.05, 0) is 73.0 Å². The number of nitrogens with zero attached hydrogens (tertiary/aromatic N) is 1. The van der Waals surface area contributed by atoms with E-state index in [9.17, 15) is 4.79 Å². The number of primary amides is 1. The fourth-order valence-electron chi connectivity index (χ4n) is 3.49. The molecule has 1 amide bonds. The maximum absolute atomic E-state index is 11.9. The summed E-state index contributed by atoms with van der Waals surface area (Å²) in [4.78, 5) is 11.9. The van der Waals surface area contributed by atoms with Crippen LogP contribution in [-0.2, 0) is 13.0 Å². The van der Waals surface area contributed by atoms with Gasteiger partial charge in [-0.3, -0.25) is 4.79 Å². The Hall–Kier alpha value is -3.41. The Morgan fingerprint density at radius 3 is 2.17 bits per heavy atom. The molecule has 2 aromatic carbocycles. The largest absolute Gasteiger partial charge is 0.497 e. The Morgan fingerprint density at radius 2 is 1.59 bits per heavy atom. The molecule has 29 heavy (non-hydrogen) atoms. The van der Waals surface area contributed by atoms with Gasteiger partial charge >= 0.3 is 0 Å². The zero-order valence-electron chi connectivity index (χ0n) is 17.2. The average molecular weight is 394 g/mol. The number of carbonyl (C=O) groups excluding carboxylic acids is 1. The third kappa shape index (κ3) is 4.21. The van der Waals surface area contributed by atoms with E-state index in [1.807, 2.05) is 55.5 Å². The van der Waals surface area contributed by atoms with Crippen LogP contribution in [0, 0.1) is 6.92 Å². The fourth-order valence-corrected chi connectivity index (χ4v) is 3.49. The van der Waals surface area contributed by atoms with Gasteiger partial charge in [0.15, 0.2) is 0 Å². The lowest BCUT2D eigenvalue weighted by molar-refractivity contribution is 0.0999. The van der Waals surface area contributed by atoms with Gasteiger partial charge in [-0.2, -0.15) is 0 Å². The number of aryl methyl sites for hydroxylation is 1. The summed E-state index contributed by atoms with van der Waals surface area (Å²) >= 11 is 0. The van der Waals surface area contributed by atoms with Crippen molar-refractivity contribution >= 4 is 5.91 Å². The van der Waals surface area contributed by atoms with Gasteiger partial charge in [-0.1, -0.05) is 0 Å². The molecule has 1 heterocycles. The highest BCUT2D eigenvalue weighted by atomic mass is 16.5. The lowest BCUT2D eigenvalue weighted by atomic mass is 10.1. The molecule has 0 saturated heterocycles. The van der Waals surface area contributed by atoms with Crippen LogP contribution < -0.4 is 19.9 Å². The zero-order valence-corrected chi connectivity index (χ0v) is 17.2. The number of methoxy groups -OCH3 is 3. The van der Waals surface area contributed by atoms with Gasteiger partial charge < -0.3 is 24.5 Å². The number of rotatable bonds is 8. The number of aromatic nitrogens is 1. The van der Waals surface area contributed by atoms with Crippen molar-refractivity contribution in [1.29, 1.82) is 0 Å². The molecule has 0 aliphatic carbocycles. The molecule has 0 atom stereocenters. The van der Waals surface area contributed by atoms with E-state index in [-0.39, 0.29) is 0 Å². The molecule has 0 saturated carbocycles. The van der Waals surface area contributed by atoms with Gasteiger partial charge in [-0.15, -0.1) is 0 Å². The standard InChI is InChI=1S/C23H26N2O4/c1-15-20(23(24)26)14-21(16-5-7-18(27-2)8-6-16)25(15)12-11-17-13-19(28-3)9-10-22(17)29-4/h5-10,13-14H,11-12H2,1-4H3,(H2,24,26). The van der Waals surface area contributed by atoms with Gasteiger partial charge in [0.05, 0.1) is 26.9 Å². The summed E-state index contributed by atoms with van der Waals surface area (Å²) in [6, 6.07) is 15.3. The van der Waals surface area contributed by atoms with E-state index in [2.05, 4.69) is 4.57 Å². The Morgan fingerprint density at radius 1 is 0.931 bits per heavy atom. The van der Waals surface area contributed by atoms with Crippen LogP contribution in [0.2, 0.25) is 0 Å². The van der Waals surface area contributed by atoms with Crippen molar-refractivity contribution in [3.8, 4) is 28.5 Å². The molecule has 152 valence electrons. The van der Waals surface area contributed by atoms with E-state index in [0.29, 0.717) is 18.5 Å². The first-order valence-electron chi connectivity index (χ1n) is 9.33. The average Bonchev–Trinajstić information content (AvgIpc) is 3.08. The first-order valence-corrected chi connectivity index (χ1v) is 9.33. The molecule has 0 fully saturated rings. The van der Waals surface area contributed by atoms with Crippen LogP contribution in [0.5, 0.6) is 17.2 Å². The number of carbonyl (C=O) groups is 1. The van der Waals surface area contributed by atoms with Crippen LogP contribution in [-0.4, -0.2) is 31.8 Å². The van der Waals surface area contributed by atoms with Gasteiger partial charge in [0, 0.05) is 17.9 Å². The van der Waals surface area contributed by atoms with Crippen LogP contribution >= 0.6 is 0 Å². The van der Waals surface area contributed by atoms with Gasteiger partial charge in [-0.25, -0.2) is 0 Å². The second kappa shape index (κ2) is 8.73. The van der Waals surface area contributed by atoms with E-state index in [1.165, 1.54) is 0 Å². The second-order valence-electron chi connectivity index (χ2n) is 6.70. The molecule has 0 spiro atoms. The molecule has 0 unspecified atom stereocenters. The van der Waals surface area contributed by atoms with Crippen LogP contribution in [0.3, 0.4) is 0 Å². The molecule has 0 aliphatic heterocycles. The lowest BCUT2D eigenvalue weighted by Crippen LogP contribution is -2.13. The number of nitrogens with two attached hydrogens (primary N) is 1. The predicted molar refractivity (Wildman–Crippen MR) is 113 cm³/mol. The summed E-state index contributed by atoms with van der Waals surface area (Å²) in [7, 11) is 4.93. The molecule has 2 N–H and O–H groups in total. The molecular weight excluding hydrogens is 368 g/mol. The SMILES string of the molecule is COc1ccc(-c2cc(C(N)=O)c(C)n2CCc2cc(OC)ccc2OC)cc1. The van der Waals surface area contributed by atoms with Crippen molar-refractivity contribution in [3.05, 3.63) is 65.4 Å². The lowest BCUT2D eigenvalue weighted by Gasteiger charge is -2.15. The Kier molecular flexibility index (Phi) is 6.12. The third-order valence-corrected chi connectivity index (χ3v) is 5.11. The predicted octanol–water partition coefficient (Wildman–Crippen LogP) is 3.83. The van der Waals surface area contributed by atoms with Crippen LogP contribution in [0.15, 0.2) is 48.5 Å². The third-order valence-electron chi connectivity index (χ3n) is 5.11. The summed E-state index contributed by atoms with van der Waals surface area (Å²) < 4.78 is 18.2. The van der Waals surface area contributed by atoms with E-state index >= 15 is 0 Å². The fraction of sp³-hybridized carbons (Fsp3) is 0.261. The van der Waals surface area contributed by atoms with Gasteiger partial charge in [0.1, 0.15) is 17.2 Å². The zero-order chi connectivity index (χ0) is 21.0. The summed E-state index contributed by atoms with van der Waals surface area (Å²) in [5.41, 5.74) is 9.91. The number of hydrogen-bond acceptors (Lipinski definition) is 4. The molecule has 6 nitrogen and oxygen atoms in total. The topological polar surface area (TPSA) is 75.7 Å². The molecule has 3 aromatic rings. The van der Waals surface area contributed by atoms with Crippen molar-refractivity contribution in [1.82, 2.24) is 4.57 Å². The first kappa shape index (κ1) is 20.3. The number of ether oxygens (including phenoxy) is 3. The molecule has 6 heteroatoms. The van der Waals surface area contributed by atoms with Crippen LogP contribution in [0.25, 0.3) is 11.3 Å². The molecule has 0 radical (unpaired) electrons. The van der Waals surface area contributed by atoms with Crippen molar-refractivity contribution in [2.45, 2.75) is 19.9 Å². The summed E-state index contributed by atoms with van der Waals surface area (Å²) in [5.74, 6) is 1.92. The quantitative estimate of drug-likeness (QED) is 0.630. The Bertz CT molecular complexity index is 1010. The molecule has 1 aromatic heterocycles. The minimum absolute atomic E-state index is 0.435. The molecule has 0 aliphatic rings. The number of amides is 1. The minimum Gasteiger partial charge on any atom is -0.497 e.